The molecule has 2 fully saturated rings. The number of fused-ring (bicyclic) bond motifs is 1. The molecule has 2 atom stereocenters. The summed E-state index contributed by atoms with van der Waals surface area (Å²) in [7, 11) is 0. The summed E-state index contributed by atoms with van der Waals surface area (Å²) in [6.07, 6.45) is 8.26. The van der Waals surface area contributed by atoms with Crippen molar-refractivity contribution in [3.8, 4) is 0 Å². The lowest BCUT2D eigenvalue weighted by molar-refractivity contribution is 0.299. The van der Waals surface area contributed by atoms with E-state index in [1.807, 2.05) is 12.1 Å². The van der Waals surface area contributed by atoms with E-state index in [2.05, 4.69) is 17.1 Å². The van der Waals surface area contributed by atoms with Crippen LogP contribution in [-0.4, -0.2) is 37.0 Å². The van der Waals surface area contributed by atoms with Crippen LogP contribution in [0.3, 0.4) is 0 Å². The molecule has 1 aliphatic carbocycles. The van der Waals surface area contributed by atoms with Crippen molar-refractivity contribution < 1.29 is 4.42 Å². The van der Waals surface area contributed by atoms with Crippen molar-refractivity contribution in [2.75, 3.05) is 26.2 Å². The molecule has 2 aliphatic rings. The zero-order valence-electron chi connectivity index (χ0n) is 13.5. The van der Waals surface area contributed by atoms with Crippen LogP contribution in [0.2, 0.25) is 0 Å². The van der Waals surface area contributed by atoms with Crippen molar-refractivity contribution in [3.05, 3.63) is 24.2 Å². The van der Waals surface area contributed by atoms with Crippen LogP contribution in [0.1, 0.15) is 38.4 Å². The van der Waals surface area contributed by atoms with Gasteiger partial charge in [-0.25, -0.2) is 0 Å². The van der Waals surface area contributed by atoms with E-state index in [9.17, 15) is 0 Å². The maximum absolute atomic E-state index is 5.37. The molecule has 3 rings (SSSR count). The number of halogens is 1. The zero-order chi connectivity index (χ0) is 14.5. The van der Waals surface area contributed by atoms with Crippen LogP contribution in [0, 0.1) is 11.8 Å². The summed E-state index contributed by atoms with van der Waals surface area (Å²) in [4.78, 5) is 7.28. The van der Waals surface area contributed by atoms with E-state index in [-0.39, 0.29) is 24.0 Å². The fraction of sp³-hybridized carbons (Fsp3) is 0.706. The molecule has 5 heteroatoms. The SMILES string of the molecule is CCNC(=NCCc1ccco1)N1CC2CCCCC2C1.I. The number of nitrogens with zero attached hydrogens (tertiary/aromatic N) is 2. The average Bonchev–Trinajstić information content (AvgIpc) is 3.15. The summed E-state index contributed by atoms with van der Waals surface area (Å²) in [5, 5.41) is 3.46. The number of aliphatic imine (C=N–C) groups is 1. The summed E-state index contributed by atoms with van der Waals surface area (Å²) in [6.45, 7) is 6.26. The van der Waals surface area contributed by atoms with E-state index >= 15 is 0 Å². The lowest BCUT2D eigenvalue weighted by Gasteiger charge is -2.22. The number of furan rings is 1. The summed E-state index contributed by atoms with van der Waals surface area (Å²) in [6, 6.07) is 3.96. The van der Waals surface area contributed by atoms with Crippen molar-refractivity contribution in [1.82, 2.24) is 10.2 Å². The van der Waals surface area contributed by atoms with Gasteiger partial charge in [0, 0.05) is 32.6 Å². The molecule has 2 heterocycles. The van der Waals surface area contributed by atoms with Crippen LogP contribution in [0.4, 0.5) is 0 Å². The second-order valence-corrected chi connectivity index (χ2v) is 6.27. The van der Waals surface area contributed by atoms with Crippen LogP contribution in [-0.2, 0) is 6.42 Å². The van der Waals surface area contributed by atoms with Crippen molar-refractivity contribution in [2.24, 2.45) is 16.8 Å². The highest BCUT2D eigenvalue weighted by Gasteiger charge is 2.35. The lowest BCUT2D eigenvalue weighted by Crippen LogP contribution is -2.40. The maximum Gasteiger partial charge on any atom is 0.193 e. The molecular weight excluding hydrogens is 389 g/mol. The molecule has 1 aromatic rings. The Kier molecular flexibility index (Phi) is 7.05. The third kappa shape index (κ3) is 4.40. The molecule has 0 amide bonds. The van der Waals surface area contributed by atoms with Gasteiger partial charge < -0.3 is 14.6 Å². The molecule has 0 spiro atoms. The summed E-state index contributed by atoms with van der Waals surface area (Å²) in [5.74, 6) is 3.91. The molecule has 0 aromatic carbocycles. The normalized spacial score (nSPS) is 24.8. The van der Waals surface area contributed by atoms with E-state index in [4.69, 9.17) is 9.41 Å². The first kappa shape index (κ1) is 17.6. The van der Waals surface area contributed by atoms with Gasteiger partial charge in [-0.15, -0.1) is 24.0 Å². The Bertz CT molecular complexity index is 446. The Morgan fingerprint density at radius 1 is 1.32 bits per heavy atom. The van der Waals surface area contributed by atoms with E-state index < -0.39 is 0 Å². The standard InChI is InChI=1S/C17H27N3O.HI/c1-2-18-17(19-10-9-16-8-5-11-21-16)20-12-14-6-3-4-7-15(14)13-20;/h5,8,11,14-15H,2-4,6-7,9-10,12-13H2,1H3,(H,18,19);1H. The third-order valence-corrected chi connectivity index (χ3v) is 4.81. The second kappa shape index (κ2) is 8.79. The lowest BCUT2D eigenvalue weighted by atomic mass is 9.82. The third-order valence-electron chi connectivity index (χ3n) is 4.81. The van der Waals surface area contributed by atoms with E-state index in [1.165, 1.54) is 38.8 Å². The van der Waals surface area contributed by atoms with Crippen LogP contribution in [0.5, 0.6) is 0 Å². The first-order chi connectivity index (χ1) is 10.4. The summed E-state index contributed by atoms with van der Waals surface area (Å²) in [5.41, 5.74) is 0. The van der Waals surface area contributed by atoms with Gasteiger partial charge in [-0.3, -0.25) is 4.99 Å². The molecular formula is C17H28IN3O. The first-order valence-corrected chi connectivity index (χ1v) is 8.42. The number of likely N-dealkylation sites (tertiary alicyclic amines) is 1. The van der Waals surface area contributed by atoms with Gasteiger partial charge in [0.05, 0.1) is 6.26 Å². The van der Waals surface area contributed by atoms with Gasteiger partial charge in [-0.1, -0.05) is 12.8 Å². The zero-order valence-corrected chi connectivity index (χ0v) is 15.8. The Hall–Kier alpha value is -0.720. The fourth-order valence-electron chi connectivity index (χ4n) is 3.73. The molecule has 0 bridgehead atoms. The molecule has 1 saturated carbocycles. The van der Waals surface area contributed by atoms with Gasteiger partial charge in [-0.2, -0.15) is 0 Å². The van der Waals surface area contributed by atoms with E-state index in [1.54, 1.807) is 6.26 Å². The molecule has 1 N–H and O–H groups in total. The minimum Gasteiger partial charge on any atom is -0.469 e. The number of rotatable bonds is 4. The van der Waals surface area contributed by atoms with Gasteiger partial charge in [0.2, 0.25) is 0 Å². The van der Waals surface area contributed by atoms with Gasteiger partial charge in [-0.05, 0) is 43.7 Å². The topological polar surface area (TPSA) is 40.8 Å². The van der Waals surface area contributed by atoms with Gasteiger partial charge in [0.15, 0.2) is 5.96 Å². The molecule has 2 unspecified atom stereocenters. The van der Waals surface area contributed by atoms with Crippen molar-refractivity contribution in [1.29, 1.82) is 0 Å². The average molecular weight is 417 g/mol. The fourth-order valence-corrected chi connectivity index (χ4v) is 3.73. The monoisotopic (exact) mass is 417 g/mol. The van der Waals surface area contributed by atoms with E-state index in [0.717, 1.165) is 43.1 Å². The largest absolute Gasteiger partial charge is 0.469 e. The van der Waals surface area contributed by atoms with Crippen LogP contribution in [0.25, 0.3) is 0 Å². The van der Waals surface area contributed by atoms with Crippen LogP contribution < -0.4 is 5.32 Å². The highest BCUT2D eigenvalue weighted by Crippen LogP contribution is 2.35. The van der Waals surface area contributed by atoms with Crippen LogP contribution >= 0.6 is 24.0 Å². The molecule has 1 saturated heterocycles. The van der Waals surface area contributed by atoms with E-state index in [0.29, 0.717) is 0 Å². The minimum atomic E-state index is 0. The number of hydrogen-bond acceptors (Lipinski definition) is 2. The van der Waals surface area contributed by atoms with Crippen LogP contribution in [0.15, 0.2) is 27.8 Å². The molecule has 0 radical (unpaired) electrons. The Morgan fingerprint density at radius 2 is 2.05 bits per heavy atom. The number of nitrogens with one attached hydrogen (secondary N) is 1. The highest BCUT2D eigenvalue weighted by atomic mass is 127. The minimum absolute atomic E-state index is 0. The second-order valence-electron chi connectivity index (χ2n) is 6.27. The van der Waals surface area contributed by atoms with Gasteiger partial charge in [0.25, 0.3) is 0 Å². The van der Waals surface area contributed by atoms with Gasteiger partial charge >= 0.3 is 0 Å². The summed E-state index contributed by atoms with van der Waals surface area (Å²) >= 11 is 0. The maximum atomic E-state index is 5.37. The Morgan fingerprint density at radius 3 is 2.64 bits per heavy atom. The van der Waals surface area contributed by atoms with Crippen molar-refractivity contribution in [2.45, 2.75) is 39.0 Å². The molecule has 124 valence electrons. The van der Waals surface area contributed by atoms with Gasteiger partial charge in [0.1, 0.15) is 5.76 Å². The molecule has 1 aliphatic heterocycles. The highest BCUT2D eigenvalue weighted by molar-refractivity contribution is 14.0. The number of hydrogen-bond donors (Lipinski definition) is 1. The predicted octanol–water partition coefficient (Wildman–Crippen LogP) is 3.53. The molecule has 4 nitrogen and oxygen atoms in total. The summed E-state index contributed by atoms with van der Waals surface area (Å²) < 4.78 is 5.37. The smallest absolute Gasteiger partial charge is 0.193 e. The number of guanidine groups is 1. The Balaban J connectivity index is 0.00000176. The molecule has 1 aromatic heterocycles. The van der Waals surface area contributed by atoms with Crippen molar-refractivity contribution in [3.63, 3.8) is 0 Å². The Labute approximate surface area is 150 Å². The first-order valence-electron chi connectivity index (χ1n) is 8.42. The quantitative estimate of drug-likeness (QED) is 0.463. The predicted molar refractivity (Wildman–Crippen MR) is 101 cm³/mol. The molecule has 22 heavy (non-hydrogen) atoms. The van der Waals surface area contributed by atoms with Crippen molar-refractivity contribution >= 4 is 29.9 Å².